The van der Waals surface area contributed by atoms with Crippen molar-refractivity contribution in [2.24, 2.45) is 17.6 Å². The first-order valence-electron chi connectivity index (χ1n) is 6.44. The van der Waals surface area contributed by atoms with Gasteiger partial charge in [-0.1, -0.05) is 18.0 Å². The second-order valence-electron chi connectivity index (χ2n) is 5.43. The number of hydrogen-bond acceptors (Lipinski definition) is 3. The summed E-state index contributed by atoms with van der Waals surface area (Å²) in [6.45, 7) is 3.38. The highest BCUT2D eigenvalue weighted by molar-refractivity contribution is 7.14. The number of nitrogens with two attached hydrogens (primary N) is 1. The molecule has 1 aromatic rings. The number of thiophene rings is 1. The van der Waals surface area contributed by atoms with Crippen molar-refractivity contribution in [2.75, 3.05) is 13.1 Å². The van der Waals surface area contributed by atoms with Gasteiger partial charge >= 0.3 is 0 Å². The van der Waals surface area contributed by atoms with Crippen molar-refractivity contribution in [1.29, 1.82) is 0 Å². The Balaban J connectivity index is 1.65. The maximum absolute atomic E-state index is 6.23. The van der Waals surface area contributed by atoms with E-state index in [0.717, 1.165) is 29.3 Å². The van der Waals surface area contributed by atoms with E-state index in [1.54, 1.807) is 11.3 Å². The van der Waals surface area contributed by atoms with E-state index in [1.165, 1.54) is 31.4 Å². The second kappa shape index (κ2) is 4.88. The van der Waals surface area contributed by atoms with Gasteiger partial charge in [-0.2, -0.15) is 0 Å². The van der Waals surface area contributed by atoms with Gasteiger partial charge in [0.25, 0.3) is 0 Å². The van der Waals surface area contributed by atoms with E-state index in [-0.39, 0.29) is 0 Å². The number of fused-ring (bicyclic) bond motifs is 1. The molecule has 1 aliphatic heterocycles. The monoisotopic (exact) mass is 270 g/mol. The Hall–Kier alpha value is -0.0900. The quantitative estimate of drug-likeness (QED) is 0.895. The van der Waals surface area contributed by atoms with Gasteiger partial charge in [-0.25, -0.2) is 0 Å². The van der Waals surface area contributed by atoms with Gasteiger partial charge in [0.2, 0.25) is 0 Å². The Labute approximate surface area is 112 Å². The van der Waals surface area contributed by atoms with Crippen LogP contribution in [0.4, 0.5) is 0 Å². The third-order valence-corrected chi connectivity index (χ3v) is 5.57. The van der Waals surface area contributed by atoms with Gasteiger partial charge in [0.1, 0.15) is 0 Å². The highest BCUT2D eigenvalue weighted by Gasteiger charge is 2.38. The van der Waals surface area contributed by atoms with Gasteiger partial charge in [-0.05, 0) is 41.7 Å². The molecule has 0 aromatic carbocycles. The third kappa shape index (κ3) is 2.39. The Bertz CT molecular complexity index is 393. The minimum Gasteiger partial charge on any atom is -0.327 e. The van der Waals surface area contributed by atoms with E-state index in [2.05, 4.69) is 16.3 Å². The Morgan fingerprint density at radius 1 is 1.41 bits per heavy atom. The van der Waals surface area contributed by atoms with Crippen molar-refractivity contribution in [3.8, 4) is 0 Å². The molecular formula is C13H19ClN2S. The van der Waals surface area contributed by atoms with Gasteiger partial charge in [0.15, 0.2) is 0 Å². The van der Waals surface area contributed by atoms with Gasteiger partial charge in [-0.3, -0.25) is 4.90 Å². The number of likely N-dealkylation sites (tertiary alicyclic amines) is 1. The Kier molecular flexibility index (Phi) is 3.44. The first kappa shape index (κ1) is 12.0. The predicted molar refractivity (Wildman–Crippen MR) is 73.4 cm³/mol. The molecule has 3 rings (SSSR count). The molecule has 2 fully saturated rings. The summed E-state index contributed by atoms with van der Waals surface area (Å²) < 4.78 is 0.948. The van der Waals surface area contributed by atoms with E-state index >= 15 is 0 Å². The van der Waals surface area contributed by atoms with E-state index in [4.69, 9.17) is 17.3 Å². The molecule has 0 spiro atoms. The fourth-order valence-electron chi connectivity index (χ4n) is 3.41. The first-order valence-corrected chi connectivity index (χ1v) is 7.69. The molecule has 2 nitrogen and oxygen atoms in total. The topological polar surface area (TPSA) is 29.3 Å². The lowest BCUT2D eigenvalue weighted by molar-refractivity contribution is 0.259. The predicted octanol–water partition coefficient (Wildman–Crippen LogP) is 2.96. The molecule has 2 heterocycles. The van der Waals surface area contributed by atoms with Crippen LogP contribution in [0, 0.1) is 11.8 Å². The van der Waals surface area contributed by atoms with Crippen molar-refractivity contribution >= 4 is 22.9 Å². The van der Waals surface area contributed by atoms with Crippen LogP contribution < -0.4 is 5.73 Å². The number of rotatable bonds is 2. The molecule has 1 saturated heterocycles. The van der Waals surface area contributed by atoms with Crippen LogP contribution in [0.15, 0.2) is 11.4 Å². The zero-order valence-corrected chi connectivity index (χ0v) is 11.5. The summed E-state index contributed by atoms with van der Waals surface area (Å²) in [6, 6.07) is 2.58. The molecule has 3 atom stereocenters. The molecule has 94 valence electrons. The number of hydrogen-bond donors (Lipinski definition) is 1. The zero-order valence-electron chi connectivity index (χ0n) is 9.94. The van der Waals surface area contributed by atoms with Crippen molar-refractivity contribution in [2.45, 2.75) is 31.8 Å². The van der Waals surface area contributed by atoms with Crippen LogP contribution in [0.25, 0.3) is 0 Å². The average Bonchev–Trinajstić information content (AvgIpc) is 2.87. The summed E-state index contributed by atoms with van der Waals surface area (Å²) in [5, 5.41) is 2.08. The Morgan fingerprint density at radius 3 is 3.00 bits per heavy atom. The number of halogens is 1. The minimum absolute atomic E-state index is 0.427. The normalized spacial score (nSPS) is 33.9. The second-order valence-corrected chi connectivity index (χ2v) is 6.95. The van der Waals surface area contributed by atoms with Gasteiger partial charge < -0.3 is 5.73 Å². The lowest BCUT2D eigenvalue weighted by atomic mass is 9.78. The first-order chi connectivity index (χ1) is 8.24. The fraction of sp³-hybridized carbons (Fsp3) is 0.692. The van der Waals surface area contributed by atoms with Gasteiger partial charge in [0, 0.05) is 25.7 Å². The summed E-state index contributed by atoms with van der Waals surface area (Å²) >= 11 is 7.79. The van der Waals surface area contributed by atoms with E-state index in [9.17, 15) is 0 Å². The molecule has 0 amide bonds. The highest BCUT2D eigenvalue weighted by atomic mass is 35.5. The number of nitrogens with zero attached hydrogens (tertiary/aromatic N) is 1. The van der Waals surface area contributed by atoms with Crippen molar-refractivity contribution < 1.29 is 0 Å². The van der Waals surface area contributed by atoms with Crippen molar-refractivity contribution in [3.05, 3.63) is 21.3 Å². The standard InChI is InChI=1S/C13H19ClN2S/c14-13-10(4-5-17-13)7-16-6-9-2-1-3-12(15)11(9)8-16/h4-5,9,11-12H,1-3,6-8,15H2. The van der Waals surface area contributed by atoms with Crippen molar-refractivity contribution in [3.63, 3.8) is 0 Å². The lowest BCUT2D eigenvalue weighted by Gasteiger charge is -2.29. The van der Waals surface area contributed by atoms with Crippen molar-refractivity contribution in [1.82, 2.24) is 4.90 Å². The van der Waals surface area contributed by atoms with Gasteiger partial charge in [0.05, 0.1) is 4.34 Å². The minimum atomic E-state index is 0.427. The molecule has 1 saturated carbocycles. The summed E-state index contributed by atoms with van der Waals surface area (Å²) in [5.41, 5.74) is 7.52. The summed E-state index contributed by atoms with van der Waals surface area (Å²) in [6.07, 6.45) is 3.90. The molecule has 2 N–H and O–H groups in total. The SMILES string of the molecule is NC1CCCC2CN(Cc3ccsc3Cl)CC12. The van der Waals surface area contributed by atoms with Crippen LogP contribution in [0.5, 0.6) is 0 Å². The molecule has 0 radical (unpaired) electrons. The molecule has 1 aliphatic carbocycles. The smallest absolute Gasteiger partial charge is 0.0973 e. The lowest BCUT2D eigenvalue weighted by Crippen LogP contribution is -2.38. The summed E-state index contributed by atoms with van der Waals surface area (Å²) in [4.78, 5) is 2.54. The largest absolute Gasteiger partial charge is 0.327 e. The van der Waals surface area contributed by atoms with E-state index < -0.39 is 0 Å². The third-order valence-electron chi connectivity index (χ3n) is 4.32. The maximum Gasteiger partial charge on any atom is 0.0973 e. The average molecular weight is 271 g/mol. The molecule has 3 unspecified atom stereocenters. The van der Waals surface area contributed by atoms with Crippen LogP contribution in [-0.2, 0) is 6.54 Å². The van der Waals surface area contributed by atoms with Crippen LogP contribution in [0.1, 0.15) is 24.8 Å². The summed E-state index contributed by atoms with van der Waals surface area (Å²) in [7, 11) is 0. The molecule has 2 aliphatic rings. The van der Waals surface area contributed by atoms with Crippen LogP contribution in [-0.4, -0.2) is 24.0 Å². The van der Waals surface area contributed by atoms with Crippen LogP contribution in [0.2, 0.25) is 4.34 Å². The molecule has 0 bridgehead atoms. The van der Waals surface area contributed by atoms with Gasteiger partial charge in [-0.15, -0.1) is 11.3 Å². The molecule has 4 heteroatoms. The molecular weight excluding hydrogens is 252 g/mol. The highest BCUT2D eigenvalue weighted by Crippen LogP contribution is 2.36. The van der Waals surface area contributed by atoms with E-state index in [0.29, 0.717) is 6.04 Å². The molecule has 1 aromatic heterocycles. The van der Waals surface area contributed by atoms with Crippen LogP contribution >= 0.6 is 22.9 Å². The Morgan fingerprint density at radius 2 is 2.29 bits per heavy atom. The van der Waals surface area contributed by atoms with E-state index in [1.807, 2.05) is 0 Å². The van der Waals surface area contributed by atoms with Crippen LogP contribution in [0.3, 0.4) is 0 Å². The fourth-order valence-corrected chi connectivity index (χ4v) is 4.32. The maximum atomic E-state index is 6.23. The molecule has 17 heavy (non-hydrogen) atoms. The zero-order chi connectivity index (χ0) is 11.8. The summed E-state index contributed by atoms with van der Waals surface area (Å²) in [5.74, 6) is 1.55.